The molecule has 0 aliphatic carbocycles. The molecule has 92 valence electrons. The zero-order valence-corrected chi connectivity index (χ0v) is 11.1. The SMILES string of the molecule is CCCCCC(=Cc1cccc(C)c1)C(C)=O. The van der Waals surface area contributed by atoms with E-state index in [1.165, 1.54) is 18.4 Å². The maximum atomic E-state index is 11.6. The second-order valence-electron chi connectivity index (χ2n) is 4.60. The highest BCUT2D eigenvalue weighted by Gasteiger charge is 2.03. The lowest BCUT2D eigenvalue weighted by Crippen LogP contribution is -1.96. The zero-order chi connectivity index (χ0) is 12.7. The number of aryl methyl sites for hydroxylation is 1. The molecule has 1 heteroatoms. The van der Waals surface area contributed by atoms with E-state index in [1.54, 1.807) is 6.92 Å². The topological polar surface area (TPSA) is 17.1 Å². The van der Waals surface area contributed by atoms with Gasteiger partial charge in [0.15, 0.2) is 5.78 Å². The number of Topliss-reactive ketones (excluding diaryl/α,β-unsaturated/α-hetero) is 1. The Morgan fingerprint density at radius 1 is 1.29 bits per heavy atom. The van der Waals surface area contributed by atoms with Gasteiger partial charge < -0.3 is 0 Å². The zero-order valence-electron chi connectivity index (χ0n) is 11.1. The molecule has 0 saturated heterocycles. The van der Waals surface area contributed by atoms with E-state index in [1.807, 2.05) is 12.1 Å². The van der Waals surface area contributed by atoms with Crippen LogP contribution in [0.5, 0.6) is 0 Å². The van der Waals surface area contributed by atoms with Gasteiger partial charge >= 0.3 is 0 Å². The maximum absolute atomic E-state index is 11.6. The summed E-state index contributed by atoms with van der Waals surface area (Å²) in [6.45, 7) is 5.91. The van der Waals surface area contributed by atoms with E-state index >= 15 is 0 Å². The summed E-state index contributed by atoms with van der Waals surface area (Å²) in [5.74, 6) is 0.197. The van der Waals surface area contributed by atoms with Crippen LogP contribution >= 0.6 is 0 Å². The van der Waals surface area contributed by atoms with Crippen molar-refractivity contribution in [3.63, 3.8) is 0 Å². The summed E-state index contributed by atoms with van der Waals surface area (Å²) in [5, 5.41) is 0. The molecule has 0 aromatic heterocycles. The molecule has 1 aromatic carbocycles. The first-order valence-corrected chi connectivity index (χ1v) is 6.41. The van der Waals surface area contributed by atoms with Crippen molar-refractivity contribution in [3.8, 4) is 0 Å². The summed E-state index contributed by atoms with van der Waals surface area (Å²) in [5.41, 5.74) is 3.31. The van der Waals surface area contributed by atoms with Crippen LogP contribution in [0, 0.1) is 6.92 Å². The van der Waals surface area contributed by atoms with Gasteiger partial charge in [0.25, 0.3) is 0 Å². The Morgan fingerprint density at radius 3 is 2.65 bits per heavy atom. The number of hydrogen-bond donors (Lipinski definition) is 0. The molecule has 17 heavy (non-hydrogen) atoms. The van der Waals surface area contributed by atoms with Crippen LogP contribution < -0.4 is 0 Å². The van der Waals surface area contributed by atoms with Crippen molar-refractivity contribution >= 4 is 11.9 Å². The summed E-state index contributed by atoms with van der Waals surface area (Å²) in [4.78, 5) is 11.6. The number of hydrogen-bond acceptors (Lipinski definition) is 1. The van der Waals surface area contributed by atoms with E-state index in [4.69, 9.17) is 0 Å². The normalized spacial score (nSPS) is 11.6. The standard InChI is InChI=1S/C16H22O/c1-4-5-6-10-16(14(3)17)12-15-9-7-8-13(2)11-15/h7-9,11-12H,4-6,10H2,1-3H3. The monoisotopic (exact) mass is 230 g/mol. The van der Waals surface area contributed by atoms with Crippen LogP contribution in [0.15, 0.2) is 29.8 Å². The molecule has 0 amide bonds. The summed E-state index contributed by atoms with van der Waals surface area (Å²) < 4.78 is 0. The van der Waals surface area contributed by atoms with Gasteiger partial charge in [-0.2, -0.15) is 0 Å². The van der Waals surface area contributed by atoms with E-state index in [2.05, 4.69) is 32.0 Å². The third-order valence-corrected chi connectivity index (χ3v) is 2.88. The highest BCUT2D eigenvalue weighted by Crippen LogP contribution is 2.15. The predicted octanol–water partition coefficient (Wildman–Crippen LogP) is 4.55. The Balaban J connectivity index is 2.79. The van der Waals surface area contributed by atoms with Gasteiger partial charge in [-0.05, 0) is 43.9 Å². The highest BCUT2D eigenvalue weighted by atomic mass is 16.1. The van der Waals surface area contributed by atoms with Crippen molar-refractivity contribution in [3.05, 3.63) is 41.0 Å². The molecule has 0 aliphatic heterocycles. The number of unbranched alkanes of at least 4 members (excludes halogenated alkanes) is 2. The summed E-state index contributed by atoms with van der Waals surface area (Å²) in [7, 11) is 0. The van der Waals surface area contributed by atoms with E-state index < -0.39 is 0 Å². The van der Waals surface area contributed by atoms with Gasteiger partial charge in [0, 0.05) is 0 Å². The van der Waals surface area contributed by atoms with Gasteiger partial charge in [-0.15, -0.1) is 0 Å². The minimum Gasteiger partial charge on any atom is -0.295 e. The van der Waals surface area contributed by atoms with Crippen molar-refractivity contribution in [1.82, 2.24) is 0 Å². The molecule has 0 fully saturated rings. The minimum absolute atomic E-state index is 0.197. The third-order valence-electron chi connectivity index (χ3n) is 2.88. The average molecular weight is 230 g/mol. The molecule has 0 unspecified atom stereocenters. The predicted molar refractivity (Wildman–Crippen MR) is 74.0 cm³/mol. The molecular formula is C16H22O. The lowest BCUT2D eigenvalue weighted by Gasteiger charge is -2.04. The smallest absolute Gasteiger partial charge is 0.155 e. The molecule has 1 aromatic rings. The Hall–Kier alpha value is -1.37. The van der Waals surface area contributed by atoms with E-state index in [9.17, 15) is 4.79 Å². The van der Waals surface area contributed by atoms with Crippen molar-refractivity contribution < 1.29 is 4.79 Å². The van der Waals surface area contributed by atoms with Crippen LogP contribution in [0.1, 0.15) is 50.7 Å². The molecular weight excluding hydrogens is 208 g/mol. The van der Waals surface area contributed by atoms with Crippen molar-refractivity contribution in [1.29, 1.82) is 0 Å². The van der Waals surface area contributed by atoms with Crippen LogP contribution in [-0.2, 0) is 4.79 Å². The van der Waals surface area contributed by atoms with Gasteiger partial charge in [-0.1, -0.05) is 49.6 Å². The molecule has 0 atom stereocenters. The quantitative estimate of drug-likeness (QED) is 0.517. The fourth-order valence-corrected chi connectivity index (χ4v) is 1.88. The largest absolute Gasteiger partial charge is 0.295 e. The summed E-state index contributed by atoms with van der Waals surface area (Å²) in [6.07, 6.45) is 6.42. The number of carbonyl (C=O) groups excluding carboxylic acids is 1. The minimum atomic E-state index is 0.197. The van der Waals surface area contributed by atoms with Crippen molar-refractivity contribution in [2.45, 2.75) is 46.5 Å². The van der Waals surface area contributed by atoms with Crippen molar-refractivity contribution in [2.24, 2.45) is 0 Å². The fourth-order valence-electron chi connectivity index (χ4n) is 1.88. The van der Waals surface area contributed by atoms with Gasteiger partial charge in [0.05, 0.1) is 0 Å². The lowest BCUT2D eigenvalue weighted by atomic mass is 10.0. The van der Waals surface area contributed by atoms with Gasteiger partial charge in [0.2, 0.25) is 0 Å². The number of rotatable bonds is 6. The van der Waals surface area contributed by atoms with E-state index in [0.717, 1.165) is 24.0 Å². The molecule has 0 heterocycles. The summed E-state index contributed by atoms with van der Waals surface area (Å²) >= 11 is 0. The molecule has 0 N–H and O–H groups in total. The molecule has 0 radical (unpaired) electrons. The number of allylic oxidation sites excluding steroid dienone is 1. The Labute approximate surface area is 105 Å². The lowest BCUT2D eigenvalue weighted by molar-refractivity contribution is -0.113. The van der Waals surface area contributed by atoms with Gasteiger partial charge in [-0.25, -0.2) is 0 Å². The van der Waals surface area contributed by atoms with Gasteiger partial charge in [0.1, 0.15) is 0 Å². The maximum Gasteiger partial charge on any atom is 0.155 e. The molecule has 0 saturated carbocycles. The molecule has 0 aliphatic rings. The number of ketones is 1. The van der Waals surface area contributed by atoms with Crippen LogP contribution in [-0.4, -0.2) is 5.78 Å². The molecule has 0 bridgehead atoms. The van der Waals surface area contributed by atoms with Crippen molar-refractivity contribution in [2.75, 3.05) is 0 Å². The molecule has 1 nitrogen and oxygen atoms in total. The number of benzene rings is 1. The second-order valence-corrected chi connectivity index (χ2v) is 4.60. The molecule has 1 rings (SSSR count). The average Bonchev–Trinajstić information content (AvgIpc) is 2.28. The molecule has 0 spiro atoms. The first-order chi connectivity index (χ1) is 8.13. The summed E-state index contributed by atoms with van der Waals surface area (Å²) in [6, 6.07) is 8.27. The Bertz CT molecular complexity index is 402. The fraction of sp³-hybridized carbons (Fsp3) is 0.438. The number of carbonyl (C=O) groups is 1. The highest BCUT2D eigenvalue weighted by molar-refractivity contribution is 5.97. The van der Waals surface area contributed by atoms with Crippen LogP contribution in [0.3, 0.4) is 0 Å². The Morgan fingerprint density at radius 2 is 2.06 bits per heavy atom. The van der Waals surface area contributed by atoms with Crippen LogP contribution in [0.25, 0.3) is 6.08 Å². The first-order valence-electron chi connectivity index (χ1n) is 6.41. The third kappa shape index (κ3) is 4.99. The first kappa shape index (κ1) is 13.7. The van der Waals surface area contributed by atoms with E-state index in [-0.39, 0.29) is 5.78 Å². The van der Waals surface area contributed by atoms with E-state index in [0.29, 0.717) is 0 Å². The Kier molecular flexibility index (Phi) is 5.68. The van der Waals surface area contributed by atoms with Crippen LogP contribution in [0.4, 0.5) is 0 Å². The second kappa shape index (κ2) is 7.05. The van der Waals surface area contributed by atoms with Crippen LogP contribution in [0.2, 0.25) is 0 Å². The van der Waals surface area contributed by atoms with Gasteiger partial charge in [-0.3, -0.25) is 4.79 Å².